The Morgan fingerprint density at radius 1 is 0.973 bits per heavy atom. The fraction of sp³-hybridized carbons (Fsp3) is 0.419. The molecule has 3 aromatic rings. The summed E-state index contributed by atoms with van der Waals surface area (Å²) in [5.41, 5.74) is 5.97. The van der Waals surface area contributed by atoms with Crippen LogP contribution in [-0.2, 0) is 31.6 Å². The van der Waals surface area contributed by atoms with Gasteiger partial charge >= 0.3 is 5.97 Å². The van der Waals surface area contributed by atoms with Crippen molar-refractivity contribution in [1.29, 1.82) is 0 Å². The van der Waals surface area contributed by atoms with Gasteiger partial charge in [-0.15, -0.1) is 0 Å². The highest BCUT2D eigenvalue weighted by molar-refractivity contribution is 5.89. The first-order chi connectivity index (χ1) is 17.4. The van der Waals surface area contributed by atoms with E-state index in [9.17, 15) is 4.79 Å². The van der Waals surface area contributed by atoms with Crippen LogP contribution in [0.4, 0.5) is 0 Å². The standard InChI is InChI=1S/C31H36N2O4/c1-29(2)24-17-22(14-11-20-9-12-21(13-10-20)28(34)35-7)23(19-33-16-8-15-32-33)18-25(24)30(3,4)27-26(29)36-31(5,6)37-27/h8-18,26-27H,19H2,1-7H3/t26-,27?/m1/s1. The van der Waals surface area contributed by atoms with Gasteiger partial charge in [0.05, 0.1) is 31.4 Å². The van der Waals surface area contributed by atoms with Gasteiger partial charge in [0.1, 0.15) is 0 Å². The van der Waals surface area contributed by atoms with Crippen molar-refractivity contribution in [2.45, 2.75) is 76.9 Å². The number of fused-ring (bicyclic) bond motifs is 2. The Hall–Kier alpha value is -3.22. The van der Waals surface area contributed by atoms with Gasteiger partial charge in [0, 0.05) is 23.2 Å². The SMILES string of the molecule is COC(=O)c1ccc(C=Cc2cc3c(cc2Cn2cccn2)C(C)(C)C2OC(C)(C)O[C@H]2C3(C)C)cc1. The molecule has 2 heterocycles. The molecule has 1 aromatic heterocycles. The van der Waals surface area contributed by atoms with Crippen LogP contribution in [-0.4, -0.2) is 40.9 Å². The minimum atomic E-state index is -0.622. The van der Waals surface area contributed by atoms with Gasteiger partial charge in [-0.1, -0.05) is 64.1 Å². The van der Waals surface area contributed by atoms with Crippen molar-refractivity contribution in [2.75, 3.05) is 7.11 Å². The first kappa shape index (κ1) is 25.4. The van der Waals surface area contributed by atoms with Crippen molar-refractivity contribution >= 4 is 18.1 Å². The van der Waals surface area contributed by atoms with Crippen LogP contribution < -0.4 is 0 Å². The van der Waals surface area contributed by atoms with E-state index in [1.54, 1.807) is 18.3 Å². The Kier molecular flexibility index (Phi) is 6.16. The van der Waals surface area contributed by atoms with Gasteiger partial charge in [0.2, 0.25) is 0 Å². The lowest BCUT2D eigenvalue weighted by Gasteiger charge is -2.48. The summed E-state index contributed by atoms with van der Waals surface area (Å²) in [6.45, 7) is 13.7. The van der Waals surface area contributed by atoms with Crippen LogP contribution in [0.15, 0.2) is 54.9 Å². The van der Waals surface area contributed by atoms with Crippen LogP contribution in [0.2, 0.25) is 0 Å². The van der Waals surface area contributed by atoms with E-state index in [4.69, 9.17) is 14.2 Å². The second-order valence-corrected chi connectivity index (χ2v) is 11.7. The van der Waals surface area contributed by atoms with E-state index in [1.807, 2.05) is 42.9 Å². The summed E-state index contributed by atoms with van der Waals surface area (Å²) in [6, 6.07) is 14.0. The highest BCUT2D eigenvalue weighted by Crippen LogP contribution is 2.54. The molecule has 2 aromatic carbocycles. The van der Waals surface area contributed by atoms with Crippen molar-refractivity contribution in [1.82, 2.24) is 9.78 Å². The summed E-state index contributed by atoms with van der Waals surface area (Å²) in [5.74, 6) is -0.959. The van der Waals surface area contributed by atoms with Crippen LogP contribution >= 0.6 is 0 Å². The third kappa shape index (κ3) is 4.53. The quantitative estimate of drug-likeness (QED) is 0.319. The average Bonchev–Trinajstić information content (AvgIpc) is 3.49. The van der Waals surface area contributed by atoms with Crippen LogP contribution in [0, 0.1) is 0 Å². The van der Waals surface area contributed by atoms with E-state index in [2.05, 4.69) is 57.1 Å². The molecule has 2 aliphatic rings. The third-order valence-electron chi connectivity index (χ3n) is 7.87. The number of carbonyl (C=O) groups is 1. The van der Waals surface area contributed by atoms with Gasteiger partial charge in [-0.05, 0) is 59.9 Å². The molecule has 0 radical (unpaired) electrons. The molecule has 1 aliphatic heterocycles. The molecule has 1 aliphatic carbocycles. The number of methoxy groups -OCH3 is 1. The van der Waals surface area contributed by atoms with Crippen LogP contribution in [0.3, 0.4) is 0 Å². The third-order valence-corrected chi connectivity index (χ3v) is 7.87. The Bertz CT molecular complexity index is 1330. The first-order valence-electron chi connectivity index (χ1n) is 12.8. The smallest absolute Gasteiger partial charge is 0.337 e. The van der Waals surface area contributed by atoms with Crippen LogP contribution in [0.1, 0.15) is 79.7 Å². The number of hydrogen-bond donors (Lipinski definition) is 0. The molecule has 0 N–H and O–H groups in total. The Morgan fingerprint density at radius 3 is 2.16 bits per heavy atom. The van der Waals surface area contributed by atoms with Crippen molar-refractivity contribution in [3.63, 3.8) is 0 Å². The zero-order chi connectivity index (χ0) is 26.6. The maximum absolute atomic E-state index is 11.8. The number of carbonyl (C=O) groups excluding carboxylic acids is 1. The van der Waals surface area contributed by atoms with Crippen molar-refractivity contribution in [3.8, 4) is 0 Å². The highest BCUT2D eigenvalue weighted by Gasteiger charge is 2.59. The van der Waals surface area contributed by atoms with Crippen LogP contribution in [0.5, 0.6) is 0 Å². The van der Waals surface area contributed by atoms with Gasteiger partial charge in [-0.3, -0.25) is 4.68 Å². The minimum Gasteiger partial charge on any atom is -0.465 e. The molecule has 37 heavy (non-hydrogen) atoms. The van der Waals surface area contributed by atoms with Crippen LogP contribution in [0.25, 0.3) is 12.2 Å². The highest BCUT2D eigenvalue weighted by atomic mass is 16.8. The second kappa shape index (κ2) is 8.96. The normalized spacial score (nSPS) is 23.0. The number of ether oxygens (including phenoxy) is 3. The van der Waals surface area contributed by atoms with Crippen molar-refractivity contribution in [3.05, 3.63) is 88.2 Å². The molecule has 1 saturated heterocycles. The predicted molar refractivity (Wildman–Crippen MR) is 144 cm³/mol. The number of benzene rings is 2. The van der Waals surface area contributed by atoms with E-state index < -0.39 is 5.79 Å². The van der Waals surface area contributed by atoms with Gasteiger partial charge < -0.3 is 14.2 Å². The Balaban J connectivity index is 1.60. The van der Waals surface area contributed by atoms with Gasteiger partial charge in [-0.2, -0.15) is 5.10 Å². The largest absolute Gasteiger partial charge is 0.465 e. The molecule has 0 saturated carbocycles. The number of rotatable bonds is 5. The monoisotopic (exact) mass is 500 g/mol. The summed E-state index contributed by atoms with van der Waals surface area (Å²) in [6.07, 6.45) is 7.93. The van der Waals surface area contributed by atoms with E-state index in [-0.39, 0.29) is 29.0 Å². The first-order valence-corrected chi connectivity index (χ1v) is 12.8. The zero-order valence-electron chi connectivity index (χ0n) is 22.7. The topological polar surface area (TPSA) is 62.6 Å². The molecule has 194 valence electrons. The molecular formula is C31H36N2O4. The molecule has 1 fully saturated rings. The maximum Gasteiger partial charge on any atom is 0.337 e. The lowest BCUT2D eigenvalue weighted by molar-refractivity contribution is -0.153. The lowest BCUT2D eigenvalue weighted by atomic mass is 9.59. The fourth-order valence-corrected chi connectivity index (χ4v) is 5.74. The summed E-state index contributed by atoms with van der Waals surface area (Å²) < 4.78 is 19.8. The molecule has 0 bridgehead atoms. The van der Waals surface area contributed by atoms with Crippen molar-refractivity contribution < 1.29 is 19.0 Å². The summed E-state index contributed by atoms with van der Waals surface area (Å²) in [4.78, 5) is 11.8. The molecular weight excluding hydrogens is 464 g/mol. The van der Waals surface area contributed by atoms with E-state index >= 15 is 0 Å². The molecule has 1 unspecified atom stereocenters. The number of esters is 1. The fourth-order valence-electron chi connectivity index (χ4n) is 5.74. The van der Waals surface area contributed by atoms with Gasteiger partial charge in [0.15, 0.2) is 5.79 Å². The average molecular weight is 501 g/mol. The molecule has 0 spiro atoms. The molecule has 0 amide bonds. The number of nitrogens with zero attached hydrogens (tertiary/aromatic N) is 2. The summed E-state index contributed by atoms with van der Waals surface area (Å²) >= 11 is 0. The van der Waals surface area contributed by atoms with Gasteiger partial charge in [-0.25, -0.2) is 4.79 Å². The summed E-state index contributed by atoms with van der Waals surface area (Å²) in [7, 11) is 1.39. The molecule has 5 rings (SSSR count). The predicted octanol–water partition coefficient (Wildman–Crippen LogP) is 5.98. The lowest BCUT2D eigenvalue weighted by Crippen LogP contribution is -2.54. The molecule has 2 atom stereocenters. The molecule has 6 heteroatoms. The summed E-state index contributed by atoms with van der Waals surface area (Å²) in [5, 5.41) is 4.46. The Labute approximate surface area is 219 Å². The maximum atomic E-state index is 11.8. The van der Waals surface area contributed by atoms with Gasteiger partial charge in [0.25, 0.3) is 0 Å². The molecule has 6 nitrogen and oxygen atoms in total. The van der Waals surface area contributed by atoms with Crippen molar-refractivity contribution in [2.24, 2.45) is 0 Å². The second-order valence-electron chi connectivity index (χ2n) is 11.7. The minimum absolute atomic E-state index is 0.0442. The zero-order valence-corrected chi connectivity index (χ0v) is 22.7. The van der Waals surface area contributed by atoms with E-state index in [0.717, 1.165) is 11.1 Å². The van der Waals surface area contributed by atoms with E-state index in [0.29, 0.717) is 12.1 Å². The number of hydrogen-bond acceptors (Lipinski definition) is 5. The number of aromatic nitrogens is 2. The Morgan fingerprint density at radius 2 is 1.59 bits per heavy atom. The van der Waals surface area contributed by atoms with E-state index in [1.165, 1.54) is 23.8 Å².